The third-order valence-electron chi connectivity index (χ3n) is 6.67. The number of rotatable bonds is 4. The van der Waals surface area contributed by atoms with Crippen molar-refractivity contribution in [3.05, 3.63) is 54.0 Å². The van der Waals surface area contributed by atoms with Gasteiger partial charge in [0.05, 0.1) is 30.5 Å². The zero-order chi connectivity index (χ0) is 26.0. The summed E-state index contributed by atoms with van der Waals surface area (Å²) in [6.07, 6.45) is 9.68. The van der Waals surface area contributed by atoms with Gasteiger partial charge < -0.3 is 19.7 Å². The molecule has 192 valence electrons. The number of alkyl carbamates (subject to hydrolysis) is 1. The van der Waals surface area contributed by atoms with Crippen LogP contribution < -0.4 is 10.2 Å². The Hall–Kier alpha value is -3.90. The number of piperidine rings is 1. The SMILES string of the molecule is CC(C)(C)OC(=O)NC1CCN(c2ccc(-c3cc(C4=CCOCC4)cn4ncc(C#N)c34)cn2)CC1. The molecule has 0 unspecified atom stereocenters. The van der Waals surface area contributed by atoms with Crippen LogP contribution >= 0.6 is 0 Å². The highest BCUT2D eigenvalue weighted by Crippen LogP contribution is 2.32. The van der Waals surface area contributed by atoms with Gasteiger partial charge in [-0.3, -0.25) is 0 Å². The number of nitrogens with one attached hydrogen (secondary N) is 1. The Morgan fingerprint density at radius 3 is 2.68 bits per heavy atom. The normalized spacial score (nSPS) is 16.8. The van der Waals surface area contributed by atoms with E-state index in [1.807, 2.05) is 39.2 Å². The molecule has 0 bridgehead atoms. The summed E-state index contributed by atoms with van der Waals surface area (Å²) in [5.41, 5.74) is 4.96. The van der Waals surface area contributed by atoms with Crippen LogP contribution in [0.4, 0.5) is 10.6 Å². The molecule has 0 spiro atoms. The Labute approximate surface area is 216 Å². The van der Waals surface area contributed by atoms with E-state index in [-0.39, 0.29) is 12.1 Å². The van der Waals surface area contributed by atoms with Gasteiger partial charge in [-0.2, -0.15) is 10.4 Å². The lowest BCUT2D eigenvalue weighted by molar-refractivity contribution is 0.0497. The standard InChI is InChI=1S/C28H32N6O3/c1-28(2,3)37-27(35)32-23-6-10-33(11-7-23)25-5-4-20(16-30-25)24-14-21(19-8-12-36-13-9-19)18-34-26(24)22(15-29)17-31-34/h4-5,8,14,16-18,23H,6-7,9-13H2,1-3H3,(H,32,35). The van der Waals surface area contributed by atoms with Crippen LogP contribution in [0.15, 0.2) is 42.9 Å². The average Bonchev–Trinajstić information content (AvgIpc) is 3.31. The molecule has 1 amide bonds. The summed E-state index contributed by atoms with van der Waals surface area (Å²) in [6, 6.07) is 8.56. The fourth-order valence-electron chi connectivity index (χ4n) is 4.85. The average molecular weight is 501 g/mol. The van der Waals surface area contributed by atoms with Crippen LogP contribution in [0.5, 0.6) is 0 Å². The van der Waals surface area contributed by atoms with Crippen molar-refractivity contribution < 1.29 is 14.3 Å². The molecule has 0 saturated carbocycles. The quantitative estimate of drug-likeness (QED) is 0.560. The van der Waals surface area contributed by atoms with Crippen LogP contribution in [-0.2, 0) is 9.47 Å². The van der Waals surface area contributed by atoms with Crippen molar-refractivity contribution in [1.82, 2.24) is 19.9 Å². The second-order valence-electron chi connectivity index (χ2n) is 10.5. The number of hydrogen-bond acceptors (Lipinski definition) is 7. The van der Waals surface area contributed by atoms with E-state index in [1.165, 1.54) is 5.57 Å². The van der Waals surface area contributed by atoms with Gasteiger partial charge in [-0.1, -0.05) is 6.08 Å². The van der Waals surface area contributed by atoms with Crippen molar-refractivity contribution in [1.29, 1.82) is 5.26 Å². The lowest BCUT2D eigenvalue weighted by Crippen LogP contribution is -2.46. The van der Waals surface area contributed by atoms with E-state index in [1.54, 1.807) is 10.7 Å². The summed E-state index contributed by atoms with van der Waals surface area (Å²) in [6.45, 7) is 8.48. The molecule has 5 rings (SSSR count). The number of anilines is 1. The van der Waals surface area contributed by atoms with Gasteiger partial charge >= 0.3 is 6.09 Å². The molecular weight excluding hydrogens is 468 g/mol. The molecule has 5 heterocycles. The second-order valence-corrected chi connectivity index (χ2v) is 10.5. The molecule has 9 nitrogen and oxygen atoms in total. The minimum absolute atomic E-state index is 0.0900. The van der Waals surface area contributed by atoms with Crippen molar-refractivity contribution in [3.63, 3.8) is 0 Å². The number of aromatic nitrogens is 3. The summed E-state index contributed by atoms with van der Waals surface area (Å²) in [4.78, 5) is 19.1. The van der Waals surface area contributed by atoms with Crippen molar-refractivity contribution >= 4 is 23.0 Å². The highest BCUT2D eigenvalue weighted by molar-refractivity contribution is 5.87. The lowest BCUT2D eigenvalue weighted by Gasteiger charge is -2.33. The number of pyridine rings is 2. The van der Waals surface area contributed by atoms with Crippen molar-refractivity contribution in [2.45, 2.75) is 51.7 Å². The molecule has 1 N–H and O–H groups in total. The van der Waals surface area contributed by atoms with Crippen LogP contribution in [0.2, 0.25) is 0 Å². The van der Waals surface area contributed by atoms with E-state index in [4.69, 9.17) is 14.5 Å². The van der Waals surface area contributed by atoms with Crippen LogP contribution in [0.1, 0.15) is 51.2 Å². The molecule has 0 radical (unpaired) electrons. The Morgan fingerprint density at radius 2 is 2.03 bits per heavy atom. The first-order valence-corrected chi connectivity index (χ1v) is 12.7. The molecule has 2 aliphatic heterocycles. The number of nitrogens with zero attached hydrogens (tertiary/aromatic N) is 5. The van der Waals surface area contributed by atoms with E-state index in [0.29, 0.717) is 18.8 Å². The summed E-state index contributed by atoms with van der Waals surface area (Å²) < 4.78 is 12.6. The Bertz CT molecular complexity index is 1360. The fraction of sp³-hybridized carbons (Fsp3) is 0.429. The Kier molecular flexibility index (Phi) is 6.85. The highest BCUT2D eigenvalue weighted by atomic mass is 16.6. The molecule has 37 heavy (non-hydrogen) atoms. The first-order chi connectivity index (χ1) is 17.8. The summed E-state index contributed by atoms with van der Waals surface area (Å²) >= 11 is 0. The molecular formula is C28H32N6O3. The van der Waals surface area contributed by atoms with E-state index >= 15 is 0 Å². The van der Waals surface area contributed by atoms with E-state index in [0.717, 1.165) is 60.4 Å². The maximum Gasteiger partial charge on any atom is 0.407 e. The third kappa shape index (κ3) is 5.59. The number of ether oxygens (including phenoxy) is 2. The van der Waals surface area contributed by atoms with Gasteiger partial charge in [0.15, 0.2) is 0 Å². The molecule has 3 aromatic rings. The van der Waals surface area contributed by atoms with Crippen molar-refractivity contribution in [2.24, 2.45) is 0 Å². The molecule has 2 aliphatic rings. The Balaban J connectivity index is 1.33. The van der Waals surface area contributed by atoms with Crippen LogP contribution in [-0.4, -0.2) is 58.6 Å². The van der Waals surface area contributed by atoms with Crippen molar-refractivity contribution in [3.8, 4) is 17.2 Å². The van der Waals surface area contributed by atoms with Gasteiger partial charge in [0, 0.05) is 42.7 Å². The van der Waals surface area contributed by atoms with Gasteiger partial charge in [-0.05, 0) is 69.4 Å². The minimum Gasteiger partial charge on any atom is -0.444 e. The van der Waals surface area contributed by atoms with Crippen molar-refractivity contribution in [2.75, 3.05) is 31.2 Å². The molecule has 0 atom stereocenters. The molecule has 0 aliphatic carbocycles. The predicted molar refractivity (Wildman–Crippen MR) is 141 cm³/mol. The number of carbonyl (C=O) groups is 1. The number of hydrogen-bond donors (Lipinski definition) is 1. The van der Waals surface area contributed by atoms with Gasteiger partial charge in [0.25, 0.3) is 0 Å². The summed E-state index contributed by atoms with van der Waals surface area (Å²) in [7, 11) is 0. The van der Waals surface area contributed by atoms with E-state index in [9.17, 15) is 10.1 Å². The molecule has 1 saturated heterocycles. The molecule has 0 aromatic carbocycles. The number of nitriles is 1. The zero-order valence-electron chi connectivity index (χ0n) is 21.5. The van der Waals surface area contributed by atoms with E-state index in [2.05, 4.69) is 39.6 Å². The predicted octanol–water partition coefficient (Wildman–Crippen LogP) is 4.57. The van der Waals surface area contributed by atoms with Gasteiger partial charge in [0.1, 0.15) is 17.5 Å². The number of carbonyl (C=O) groups excluding carboxylic acids is 1. The maximum atomic E-state index is 12.1. The first-order valence-electron chi connectivity index (χ1n) is 12.7. The topological polar surface area (TPSA) is 105 Å². The molecule has 3 aromatic heterocycles. The lowest BCUT2D eigenvalue weighted by atomic mass is 9.97. The van der Waals surface area contributed by atoms with Gasteiger partial charge in [0.2, 0.25) is 0 Å². The minimum atomic E-state index is -0.506. The number of amides is 1. The van der Waals surface area contributed by atoms with Gasteiger partial charge in [-0.25, -0.2) is 14.3 Å². The highest BCUT2D eigenvalue weighted by Gasteiger charge is 2.24. The van der Waals surface area contributed by atoms with E-state index < -0.39 is 5.60 Å². The smallest absolute Gasteiger partial charge is 0.407 e. The fourth-order valence-corrected chi connectivity index (χ4v) is 4.85. The molecule has 1 fully saturated rings. The number of fused-ring (bicyclic) bond motifs is 1. The van der Waals surface area contributed by atoms with Crippen LogP contribution in [0.25, 0.3) is 22.2 Å². The first kappa shape index (κ1) is 24.8. The van der Waals surface area contributed by atoms with Crippen LogP contribution in [0.3, 0.4) is 0 Å². The van der Waals surface area contributed by atoms with Crippen LogP contribution in [0, 0.1) is 11.3 Å². The maximum absolute atomic E-state index is 12.1. The largest absolute Gasteiger partial charge is 0.444 e. The second kappa shape index (κ2) is 10.2. The van der Waals surface area contributed by atoms with Gasteiger partial charge in [-0.15, -0.1) is 0 Å². The zero-order valence-corrected chi connectivity index (χ0v) is 21.5. The third-order valence-corrected chi connectivity index (χ3v) is 6.67. The Morgan fingerprint density at radius 1 is 1.22 bits per heavy atom. The monoisotopic (exact) mass is 500 g/mol. The molecule has 9 heteroatoms. The summed E-state index contributed by atoms with van der Waals surface area (Å²) in [5, 5.41) is 17.1. The summed E-state index contributed by atoms with van der Waals surface area (Å²) in [5.74, 6) is 0.896.